The summed E-state index contributed by atoms with van der Waals surface area (Å²) in [5.41, 5.74) is 2.25. The summed E-state index contributed by atoms with van der Waals surface area (Å²) < 4.78 is 0. The van der Waals surface area contributed by atoms with Gasteiger partial charge < -0.3 is 10.7 Å². The highest BCUT2D eigenvalue weighted by molar-refractivity contribution is 6.08. The van der Waals surface area contributed by atoms with Crippen LogP contribution in [0, 0.1) is 5.41 Å². The SMILES string of the molecule is N=C(/C=C\c1n[nH]c(CNc2ccncc2)n1)c1ccccc1. The number of aromatic amines is 1. The summed E-state index contributed by atoms with van der Waals surface area (Å²) in [6.07, 6.45) is 6.87. The molecule has 2 aromatic heterocycles. The number of rotatable bonds is 6. The number of hydrogen-bond donors (Lipinski definition) is 3. The zero-order valence-corrected chi connectivity index (χ0v) is 12.4. The third-order valence-electron chi connectivity index (χ3n) is 3.17. The van der Waals surface area contributed by atoms with Gasteiger partial charge in [0.15, 0.2) is 5.82 Å². The van der Waals surface area contributed by atoms with Crippen molar-refractivity contribution in [3.05, 3.63) is 78.1 Å². The number of nitrogens with one attached hydrogen (secondary N) is 3. The van der Waals surface area contributed by atoms with Crippen LogP contribution in [0.5, 0.6) is 0 Å². The van der Waals surface area contributed by atoms with Crippen molar-refractivity contribution in [1.82, 2.24) is 20.2 Å². The largest absolute Gasteiger partial charge is 0.378 e. The summed E-state index contributed by atoms with van der Waals surface area (Å²) >= 11 is 0. The molecule has 0 saturated carbocycles. The van der Waals surface area contributed by atoms with Gasteiger partial charge in [-0.2, -0.15) is 5.10 Å². The number of aromatic nitrogens is 4. The van der Waals surface area contributed by atoms with E-state index < -0.39 is 0 Å². The Hall–Kier alpha value is -3.28. The second kappa shape index (κ2) is 7.13. The molecule has 0 saturated heterocycles. The van der Waals surface area contributed by atoms with E-state index in [2.05, 4.69) is 25.5 Å². The average molecular weight is 304 g/mol. The van der Waals surface area contributed by atoms with Crippen molar-refractivity contribution in [3.63, 3.8) is 0 Å². The van der Waals surface area contributed by atoms with Gasteiger partial charge in [-0.1, -0.05) is 30.3 Å². The van der Waals surface area contributed by atoms with Crippen LogP contribution in [0.3, 0.4) is 0 Å². The highest BCUT2D eigenvalue weighted by Gasteiger charge is 2.01. The van der Waals surface area contributed by atoms with Gasteiger partial charge in [-0.25, -0.2) is 4.98 Å². The molecular formula is C17H16N6. The molecular weight excluding hydrogens is 288 g/mol. The predicted molar refractivity (Wildman–Crippen MR) is 90.3 cm³/mol. The number of pyridine rings is 1. The Morgan fingerprint density at radius 2 is 1.91 bits per heavy atom. The molecule has 0 spiro atoms. The van der Waals surface area contributed by atoms with Crippen LogP contribution in [0.25, 0.3) is 6.08 Å². The van der Waals surface area contributed by atoms with Crippen LogP contribution in [-0.2, 0) is 6.54 Å². The van der Waals surface area contributed by atoms with Crippen molar-refractivity contribution in [1.29, 1.82) is 5.41 Å². The van der Waals surface area contributed by atoms with Crippen molar-refractivity contribution in [2.45, 2.75) is 6.54 Å². The highest BCUT2D eigenvalue weighted by atomic mass is 15.2. The lowest BCUT2D eigenvalue weighted by Gasteiger charge is -2.01. The number of benzene rings is 1. The van der Waals surface area contributed by atoms with Crippen LogP contribution in [0.15, 0.2) is 60.9 Å². The first-order valence-corrected chi connectivity index (χ1v) is 7.18. The third kappa shape index (κ3) is 4.10. The number of allylic oxidation sites excluding steroid dienone is 1. The molecule has 0 bridgehead atoms. The summed E-state index contributed by atoms with van der Waals surface area (Å²) in [6, 6.07) is 13.3. The summed E-state index contributed by atoms with van der Waals surface area (Å²) in [5, 5.41) is 18.2. The Labute approximate surface area is 133 Å². The van der Waals surface area contributed by atoms with Crippen LogP contribution < -0.4 is 5.32 Å². The van der Waals surface area contributed by atoms with E-state index in [4.69, 9.17) is 5.41 Å². The molecule has 0 fully saturated rings. The van der Waals surface area contributed by atoms with E-state index in [1.807, 2.05) is 42.5 Å². The molecule has 0 aliphatic carbocycles. The van der Waals surface area contributed by atoms with Gasteiger partial charge in [0, 0.05) is 18.1 Å². The van der Waals surface area contributed by atoms with Gasteiger partial charge in [0.25, 0.3) is 0 Å². The number of nitrogens with zero attached hydrogens (tertiary/aromatic N) is 3. The number of anilines is 1. The topological polar surface area (TPSA) is 90.3 Å². The minimum atomic E-state index is 0.423. The van der Waals surface area contributed by atoms with Crippen LogP contribution in [0.4, 0.5) is 5.69 Å². The molecule has 114 valence electrons. The van der Waals surface area contributed by atoms with Crippen molar-refractivity contribution in [2.75, 3.05) is 5.32 Å². The van der Waals surface area contributed by atoms with Crippen molar-refractivity contribution >= 4 is 17.5 Å². The Morgan fingerprint density at radius 1 is 1.13 bits per heavy atom. The molecule has 3 N–H and O–H groups in total. The Balaban J connectivity index is 1.59. The second-order valence-electron chi connectivity index (χ2n) is 4.84. The van der Waals surface area contributed by atoms with Crippen molar-refractivity contribution < 1.29 is 0 Å². The Kier molecular flexibility index (Phi) is 4.54. The minimum Gasteiger partial charge on any atom is -0.378 e. The van der Waals surface area contributed by atoms with E-state index in [0.29, 0.717) is 18.1 Å². The maximum absolute atomic E-state index is 8.01. The molecule has 23 heavy (non-hydrogen) atoms. The molecule has 0 atom stereocenters. The highest BCUT2D eigenvalue weighted by Crippen LogP contribution is 2.06. The monoisotopic (exact) mass is 304 g/mol. The number of hydrogen-bond acceptors (Lipinski definition) is 5. The van der Waals surface area contributed by atoms with Crippen molar-refractivity contribution in [3.8, 4) is 0 Å². The van der Waals surface area contributed by atoms with Gasteiger partial charge in [0.2, 0.25) is 0 Å². The summed E-state index contributed by atoms with van der Waals surface area (Å²) in [5.74, 6) is 1.28. The number of H-pyrrole nitrogens is 1. The van der Waals surface area contributed by atoms with Crippen LogP contribution in [0.1, 0.15) is 17.2 Å². The Bertz CT molecular complexity index is 792. The van der Waals surface area contributed by atoms with Gasteiger partial charge >= 0.3 is 0 Å². The smallest absolute Gasteiger partial charge is 0.174 e. The summed E-state index contributed by atoms with van der Waals surface area (Å²) in [7, 11) is 0. The van der Waals surface area contributed by atoms with E-state index in [1.54, 1.807) is 24.5 Å². The minimum absolute atomic E-state index is 0.423. The normalized spacial score (nSPS) is 10.8. The summed E-state index contributed by atoms with van der Waals surface area (Å²) in [6.45, 7) is 0.543. The molecule has 0 amide bonds. The maximum atomic E-state index is 8.01. The molecule has 0 radical (unpaired) electrons. The van der Waals surface area contributed by atoms with Gasteiger partial charge in [-0.05, 0) is 29.8 Å². The van der Waals surface area contributed by atoms with Gasteiger partial charge in [-0.15, -0.1) is 0 Å². The standard InChI is InChI=1S/C17H16N6/c18-15(13-4-2-1-3-5-13)6-7-16-21-17(23-22-16)12-20-14-8-10-19-11-9-14/h1-11,18H,12H2,(H,19,20)(H,21,22,23)/b7-6-,18-15?. The lowest BCUT2D eigenvalue weighted by atomic mass is 10.1. The van der Waals surface area contributed by atoms with Gasteiger partial charge in [-0.3, -0.25) is 10.1 Å². The predicted octanol–water partition coefficient (Wildman–Crippen LogP) is 2.89. The summed E-state index contributed by atoms with van der Waals surface area (Å²) in [4.78, 5) is 8.33. The molecule has 0 unspecified atom stereocenters. The third-order valence-corrected chi connectivity index (χ3v) is 3.17. The molecule has 1 aromatic carbocycles. The van der Waals surface area contributed by atoms with Crippen LogP contribution in [-0.4, -0.2) is 25.9 Å². The molecule has 0 aliphatic heterocycles. The Morgan fingerprint density at radius 3 is 2.70 bits per heavy atom. The molecule has 3 rings (SSSR count). The molecule has 6 heteroatoms. The molecule has 2 heterocycles. The van der Waals surface area contributed by atoms with E-state index in [1.165, 1.54) is 0 Å². The lowest BCUT2D eigenvalue weighted by molar-refractivity contribution is 0.954. The average Bonchev–Trinajstić information content (AvgIpc) is 3.07. The van der Waals surface area contributed by atoms with E-state index in [-0.39, 0.29) is 0 Å². The lowest BCUT2D eigenvalue weighted by Crippen LogP contribution is -2.01. The molecule has 0 aliphatic rings. The van der Waals surface area contributed by atoms with Gasteiger partial charge in [0.1, 0.15) is 5.82 Å². The van der Waals surface area contributed by atoms with Crippen LogP contribution >= 0.6 is 0 Å². The maximum Gasteiger partial charge on any atom is 0.174 e. The fraction of sp³-hybridized carbons (Fsp3) is 0.0588. The van der Waals surface area contributed by atoms with Crippen molar-refractivity contribution in [2.24, 2.45) is 0 Å². The quantitative estimate of drug-likeness (QED) is 0.611. The van der Waals surface area contributed by atoms with E-state index >= 15 is 0 Å². The first kappa shape index (κ1) is 14.6. The van der Waals surface area contributed by atoms with E-state index in [9.17, 15) is 0 Å². The molecule has 6 nitrogen and oxygen atoms in total. The first-order valence-electron chi connectivity index (χ1n) is 7.18. The molecule has 3 aromatic rings. The zero-order chi connectivity index (χ0) is 15.9. The van der Waals surface area contributed by atoms with E-state index in [0.717, 1.165) is 17.1 Å². The van der Waals surface area contributed by atoms with Gasteiger partial charge in [0.05, 0.1) is 12.3 Å². The fourth-order valence-corrected chi connectivity index (χ4v) is 1.99. The second-order valence-corrected chi connectivity index (χ2v) is 4.84. The zero-order valence-electron chi connectivity index (χ0n) is 12.4. The fourth-order valence-electron chi connectivity index (χ4n) is 1.99. The first-order chi connectivity index (χ1) is 11.3. The van der Waals surface area contributed by atoms with Crippen LogP contribution in [0.2, 0.25) is 0 Å².